The van der Waals surface area contributed by atoms with E-state index in [1.807, 2.05) is 12.1 Å². The van der Waals surface area contributed by atoms with Gasteiger partial charge in [0.2, 0.25) is 10.0 Å². The van der Waals surface area contributed by atoms with E-state index in [-0.39, 0.29) is 5.02 Å². The van der Waals surface area contributed by atoms with Gasteiger partial charge in [-0.25, -0.2) is 13.1 Å². The van der Waals surface area contributed by atoms with Gasteiger partial charge in [-0.1, -0.05) is 35.9 Å². The van der Waals surface area contributed by atoms with Crippen LogP contribution in [0.25, 0.3) is 0 Å². The lowest BCUT2D eigenvalue weighted by Gasteiger charge is -2.18. The van der Waals surface area contributed by atoms with Crippen LogP contribution >= 0.6 is 11.6 Å². The second-order valence-corrected chi connectivity index (χ2v) is 7.67. The first-order valence-electron chi connectivity index (χ1n) is 7.15. The molecule has 128 valence electrons. The molecule has 0 amide bonds. The van der Waals surface area contributed by atoms with Crippen LogP contribution < -0.4 is 4.72 Å². The molecule has 2 aromatic carbocycles. The molecule has 1 aliphatic rings. The Morgan fingerprint density at radius 1 is 1.12 bits per heavy atom. The van der Waals surface area contributed by atoms with Crippen molar-refractivity contribution in [3.05, 3.63) is 64.2 Å². The summed E-state index contributed by atoms with van der Waals surface area (Å²) in [4.78, 5) is -0.816. The molecule has 0 spiro atoms. The maximum absolute atomic E-state index is 13.2. The number of fused-ring (bicyclic) bond motifs is 1. The Morgan fingerprint density at radius 2 is 1.83 bits per heavy atom. The van der Waals surface area contributed by atoms with Crippen LogP contribution in [0.4, 0.5) is 13.2 Å². The lowest BCUT2D eigenvalue weighted by molar-refractivity contribution is -0.139. The molecule has 8 heteroatoms. The van der Waals surface area contributed by atoms with Gasteiger partial charge < -0.3 is 0 Å². The highest BCUT2D eigenvalue weighted by molar-refractivity contribution is 7.89. The fraction of sp³-hybridized carbons (Fsp3) is 0.250. The largest absolute Gasteiger partial charge is 0.417 e. The van der Waals surface area contributed by atoms with E-state index in [1.165, 1.54) is 0 Å². The molecule has 1 aliphatic carbocycles. The Bertz CT molecular complexity index is 881. The normalized spacial score (nSPS) is 17.8. The summed E-state index contributed by atoms with van der Waals surface area (Å²) in [5.41, 5.74) is 0.523. The number of sulfonamides is 1. The minimum absolute atomic E-state index is 0.174. The molecule has 2 aromatic rings. The molecule has 3 rings (SSSR count). The number of halogens is 4. The van der Waals surface area contributed by atoms with Crippen molar-refractivity contribution >= 4 is 21.6 Å². The number of alkyl halides is 3. The Morgan fingerprint density at radius 3 is 2.54 bits per heavy atom. The minimum Gasteiger partial charge on any atom is -0.207 e. The minimum atomic E-state index is -4.82. The summed E-state index contributed by atoms with van der Waals surface area (Å²) >= 11 is 5.59. The van der Waals surface area contributed by atoms with Gasteiger partial charge in [0.25, 0.3) is 0 Å². The summed E-state index contributed by atoms with van der Waals surface area (Å²) < 4.78 is 66.9. The van der Waals surface area contributed by atoms with Crippen LogP contribution in [0, 0.1) is 0 Å². The average molecular weight is 376 g/mol. The van der Waals surface area contributed by atoms with Gasteiger partial charge in [-0.3, -0.25) is 0 Å². The van der Waals surface area contributed by atoms with Crippen LogP contribution in [0.3, 0.4) is 0 Å². The summed E-state index contributed by atoms with van der Waals surface area (Å²) in [5, 5.41) is -0.174. The zero-order valence-electron chi connectivity index (χ0n) is 12.3. The number of nitrogens with one attached hydrogen (secondary N) is 1. The van der Waals surface area contributed by atoms with Crippen molar-refractivity contribution in [3.63, 3.8) is 0 Å². The van der Waals surface area contributed by atoms with E-state index in [2.05, 4.69) is 4.72 Å². The number of hydrogen-bond acceptors (Lipinski definition) is 2. The quantitative estimate of drug-likeness (QED) is 0.868. The highest BCUT2D eigenvalue weighted by atomic mass is 35.5. The molecule has 0 saturated heterocycles. The van der Waals surface area contributed by atoms with Crippen molar-refractivity contribution in [2.45, 2.75) is 30.0 Å². The first-order valence-corrected chi connectivity index (χ1v) is 9.01. The van der Waals surface area contributed by atoms with E-state index < -0.39 is 32.7 Å². The molecule has 0 radical (unpaired) electrons. The van der Waals surface area contributed by atoms with Crippen LogP contribution in [0.2, 0.25) is 5.02 Å². The van der Waals surface area contributed by atoms with Crippen molar-refractivity contribution < 1.29 is 21.6 Å². The van der Waals surface area contributed by atoms with E-state index in [0.29, 0.717) is 18.9 Å². The van der Waals surface area contributed by atoms with Gasteiger partial charge in [0, 0.05) is 11.1 Å². The third kappa shape index (κ3) is 3.29. The van der Waals surface area contributed by atoms with E-state index >= 15 is 0 Å². The predicted octanol–water partition coefficient (Wildman–Crippen LogP) is 4.32. The maximum atomic E-state index is 13.2. The Labute approximate surface area is 142 Å². The molecule has 0 aliphatic heterocycles. The molecule has 0 heterocycles. The van der Waals surface area contributed by atoms with Gasteiger partial charge in [0.15, 0.2) is 0 Å². The van der Waals surface area contributed by atoms with Gasteiger partial charge in [-0.2, -0.15) is 13.2 Å². The number of rotatable bonds is 3. The van der Waals surface area contributed by atoms with Gasteiger partial charge in [0.1, 0.15) is 0 Å². The summed E-state index contributed by atoms with van der Waals surface area (Å²) in [6, 6.07) is 9.38. The first-order chi connectivity index (χ1) is 11.2. The highest BCUT2D eigenvalue weighted by Gasteiger charge is 2.38. The Kier molecular flexibility index (Phi) is 4.36. The zero-order chi connectivity index (χ0) is 17.5. The lowest BCUT2D eigenvalue weighted by atomic mass is 10.1. The van der Waals surface area contributed by atoms with Crippen LogP contribution in [0.15, 0.2) is 47.4 Å². The van der Waals surface area contributed by atoms with Crippen LogP contribution in [0.1, 0.15) is 29.2 Å². The molecule has 1 atom stereocenters. The van der Waals surface area contributed by atoms with Crippen LogP contribution in [-0.2, 0) is 22.6 Å². The number of aryl methyl sites for hydroxylation is 1. The van der Waals surface area contributed by atoms with Crippen molar-refractivity contribution in [1.82, 2.24) is 4.72 Å². The number of benzene rings is 2. The van der Waals surface area contributed by atoms with Crippen LogP contribution in [-0.4, -0.2) is 8.42 Å². The fourth-order valence-corrected chi connectivity index (χ4v) is 4.52. The van der Waals surface area contributed by atoms with E-state index in [0.717, 1.165) is 23.3 Å². The molecule has 0 bridgehead atoms. The number of hydrogen-bond donors (Lipinski definition) is 1. The maximum Gasteiger partial charge on any atom is 0.417 e. The van der Waals surface area contributed by atoms with E-state index in [1.54, 1.807) is 12.1 Å². The van der Waals surface area contributed by atoms with Gasteiger partial charge >= 0.3 is 6.18 Å². The van der Waals surface area contributed by atoms with E-state index in [9.17, 15) is 21.6 Å². The highest BCUT2D eigenvalue weighted by Crippen LogP contribution is 2.37. The molecule has 24 heavy (non-hydrogen) atoms. The SMILES string of the molecule is O=S(=O)(NC1CCc2ccccc21)c1ccc(Cl)cc1C(F)(F)F. The van der Waals surface area contributed by atoms with Crippen molar-refractivity contribution in [2.75, 3.05) is 0 Å². The first kappa shape index (κ1) is 17.3. The van der Waals surface area contributed by atoms with Gasteiger partial charge in [-0.15, -0.1) is 0 Å². The summed E-state index contributed by atoms with van der Waals surface area (Å²) in [6.45, 7) is 0. The van der Waals surface area contributed by atoms with Crippen molar-refractivity contribution in [2.24, 2.45) is 0 Å². The standard InChI is InChI=1S/C16H13ClF3NO2S/c17-11-6-8-15(13(9-11)16(18,19)20)24(22,23)21-14-7-5-10-3-1-2-4-12(10)14/h1-4,6,8-9,14,21H,5,7H2. The second-order valence-electron chi connectivity index (χ2n) is 5.55. The third-order valence-corrected chi connectivity index (χ3v) is 5.73. The average Bonchev–Trinajstić information content (AvgIpc) is 2.89. The zero-order valence-corrected chi connectivity index (χ0v) is 13.8. The van der Waals surface area contributed by atoms with Crippen LogP contribution in [0.5, 0.6) is 0 Å². The fourth-order valence-electron chi connectivity index (χ4n) is 2.89. The third-order valence-electron chi connectivity index (χ3n) is 3.97. The molecule has 3 nitrogen and oxygen atoms in total. The van der Waals surface area contributed by atoms with Gasteiger partial charge in [0.05, 0.1) is 10.5 Å². The van der Waals surface area contributed by atoms with Gasteiger partial charge in [-0.05, 0) is 42.2 Å². The summed E-state index contributed by atoms with van der Waals surface area (Å²) in [5.74, 6) is 0. The lowest BCUT2D eigenvalue weighted by Crippen LogP contribution is -2.29. The summed E-state index contributed by atoms with van der Waals surface area (Å²) in [6.07, 6.45) is -3.63. The monoisotopic (exact) mass is 375 g/mol. The molecule has 1 N–H and O–H groups in total. The topological polar surface area (TPSA) is 46.2 Å². The molecular weight excluding hydrogens is 363 g/mol. The molecule has 0 fully saturated rings. The Balaban J connectivity index is 1.98. The smallest absolute Gasteiger partial charge is 0.207 e. The predicted molar refractivity (Wildman–Crippen MR) is 84.3 cm³/mol. The molecular formula is C16H13ClF3NO2S. The summed E-state index contributed by atoms with van der Waals surface area (Å²) in [7, 11) is -4.35. The van der Waals surface area contributed by atoms with E-state index in [4.69, 9.17) is 11.6 Å². The van der Waals surface area contributed by atoms with Crippen molar-refractivity contribution in [1.29, 1.82) is 0 Å². The Hall–Kier alpha value is -1.57. The van der Waals surface area contributed by atoms with Crippen molar-refractivity contribution in [3.8, 4) is 0 Å². The molecule has 0 aromatic heterocycles. The molecule has 0 saturated carbocycles. The molecule has 1 unspecified atom stereocenters. The second kappa shape index (κ2) is 6.06.